The number of esters is 1. The quantitative estimate of drug-likeness (QED) is 0.349. The summed E-state index contributed by atoms with van der Waals surface area (Å²) in [5.74, 6) is -0.960. The second-order valence-corrected chi connectivity index (χ2v) is 9.99. The summed E-state index contributed by atoms with van der Waals surface area (Å²) in [7, 11) is 4.29. The lowest BCUT2D eigenvalue weighted by Gasteiger charge is -2.45. The number of aryl methyl sites for hydroxylation is 1. The van der Waals surface area contributed by atoms with Gasteiger partial charge in [0.25, 0.3) is 0 Å². The van der Waals surface area contributed by atoms with Crippen LogP contribution in [0.3, 0.4) is 0 Å². The van der Waals surface area contributed by atoms with Gasteiger partial charge in [-0.25, -0.2) is 4.79 Å². The summed E-state index contributed by atoms with van der Waals surface area (Å²) >= 11 is 0. The van der Waals surface area contributed by atoms with Gasteiger partial charge in [-0.05, 0) is 24.6 Å². The number of hydrogen-bond acceptors (Lipinski definition) is 4. The summed E-state index contributed by atoms with van der Waals surface area (Å²) in [6.07, 6.45) is -3.55. The Morgan fingerprint density at radius 3 is 2.09 bits per heavy atom. The molecule has 0 spiro atoms. The molecule has 2 aromatic carbocycles. The summed E-state index contributed by atoms with van der Waals surface area (Å²) in [4.78, 5) is 13.5. The number of benzene rings is 2. The average Bonchev–Trinajstić information content (AvgIpc) is 3.51. The van der Waals surface area contributed by atoms with Gasteiger partial charge in [-0.1, -0.05) is 42.0 Å². The van der Waals surface area contributed by atoms with Crippen LogP contribution in [0.4, 0.5) is 13.2 Å². The number of likely N-dealkylation sites (N-methyl/N-ethyl adjacent to an activating group) is 1. The first-order valence-electron chi connectivity index (χ1n) is 11.1. The number of nitrogens with zero attached hydrogens (tertiary/aromatic N) is 1. The van der Waals surface area contributed by atoms with Crippen LogP contribution in [0, 0.1) is 6.92 Å². The molecule has 0 amide bonds. The fourth-order valence-corrected chi connectivity index (χ4v) is 5.73. The predicted molar refractivity (Wildman–Crippen MR) is 113 cm³/mol. The molecule has 184 valence electrons. The van der Waals surface area contributed by atoms with Crippen molar-refractivity contribution in [2.45, 2.75) is 61.9 Å². The smallest absolute Gasteiger partial charge is 0.416 e. The Morgan fingerprint density at radius 2 is 1.53 bits per heavy atom. The zero-order valence-electron chi connectivity index (χ0n) is 19.1. The van der Waals surface area contributed by atoms with Crippen molar-refractivity contribution < 1.29 is 54.0 Å². The first-order chi connectivity index (χ1) is 15.4. The lowest BCUT2D eigenvalue weighted by atomic mass is 9.84. The van der Waals surface area contributed by atoms with Crippen molar-refractivity contribution in [2.24, 2.45) is 0 Å². The molecule has 0 radical (unpaired) electrons. The van der Waals surface area contributed by atoms with Gasteiger partial charge in [-0.3, -0.25) is 0 Å². The lowest BCUT2D eigenvalue weighted by Crippen LogP contribution is -3.00. The molecule has 3 heterocycles. The number of aliphatic hydroxyl groups is 1. The van der Waals surface area contributed by atoms with Gasteiger partial charge in [-0.2, -0.15) is 13.2 Å². The van der Waals surface area contributed by atoms with Gasteiger partial charge >= 0.3 is 12.1 Å². The van der Waals surface area contributed by atoms with Crippen LogP contribution in [0.2, 0.25) is 0 Å². The fourth-order valence-electron chi connectivity index (χ4n) is 5.73. The summed E-state index contributed by atoms with van der Waals surface area (Å²) in [5, 5.41) is 11.7. The van der Waals surface area contributed by atoms with Gasteiger partial charge in [-0.15, -0.1) is 0 Å². The molecule has 6 atom stereocenters. The Kier molecular flexibility index (Phi) is 6.16. The maximum atomic E-state index is 13.5. The number of carbonyl (C=O) groups excluding carboxylic acids is 1. The Labute approximate surface area is 206 Å². The zero-order valence-corrected chi connectivity index (χ0v) is 20.6. The van der Waals surface area contributed by atoms with Crippen molar-refractivity contribution in [1.82, 2.24) is 0 Å². The number of rotatable bonds is 4. The molecule has 3 saturated heterocycles. The van der Waals surface area contributed by atoms with Crippen molar-refractivity contribution in [2.75, 3.05) is 14.1 Å². The topological polar surface area (TPSA) is 59.1 Å². The van der Waals surface area contributed by atoms with E-state index in [1.165, 1.54) is 18.2 Å². The molecular weight excluding hydrogens is 515 g/mol. The molecule has 0 aliphatic carbocycles. The number of piperidine rings is 1. The molecule has 34 heavy (non-hydrogen) atoms. The number of morpholine rings is 1. The van der Waals surface area contributed by atoms with Gasteiger partial charge in [0.15, 0.2) is 0 Å². The van der Waals surface area contributed by atoms with Gasteiger partial charge < -0.3 is 36.0 Å². The molecule has 2 aromatic rings. The van der Waals surface area contributed by atoms with E-state index in [4.69, 9.17) is 9.47 Å². The first kappa shape index (κ1) is 25.2. The van der Waals surface area contributed by atoms with Gasteiger partial charge in [0, 0.05) is 18.4 Å². The summed E-state index contributed by atoms with van der Waals surface area (Å²) in [5.41, 5.74) is -2.54. The van der Waals surface area contributed by atoms with Gasteiger partial charge in [0.2, 0.25) is 5.60 Å². The van der Waals surface area contributed by atoms with Crippen LogP contribution in [0.15, 0.2) is 48.5 Å². The van der Waals surface area contributed by atoms with Gasteiger partial charge in [0.1, 0.15) is 30.4 Å². The average molecular weight is 542 g/mol. The maximum Gasteiger partial charge on any atom is 0.416 e. The van der Waals surface area contributed by atoms with Crippen LogP contribution in [0.1, 0.15) is 35.1 Å². The number of quaternary nitrogens is 1. The van der Waals surface area contributed by atoms with Crippen molar-refractivity contribution >= 4 is 5.97 Å². The molecule has 9 heteroatoms. The molecule has 3 aliphatic heterocycles. The molecule has 2 bridgehead atoms. The van der Waals surface area contributed by atoms with Crippen molar-refractivity contribution in [3.8, 4) is 0 Å². The van der Waals surface area contributed by atoms with Crippen LogP contribution in [-0.4, -0.2) is 60.0 Å². The van der Waals surface area contributed by atoms with E-state index in [9.17, 15) is 23.1 Å². The number of halogens is 4. The monoisotopic (exact) mass is 541 g/mol. The van der Waals surface area contributed by atoms with Crippen LogP contribution in [0.25, 0.3) is 0 Å². The predicted octanol–water partition coefficient (Wildman–Crippen LogP) is 0.554. The Bertz CT molecular complexity index is 1090. The highest BCUT2D eigenvalue weighted by atomic mass is 79.9. The lowest BCUT2D eigenvalue weighted by molar-refractivity contribution is -0.938. The fraction of sp³-hybridized carbons (Fsp3) is 0.480. The second kappa shape index (κ2) is 8.33. The molecular formula is C25H27BrF3NO4. The van der Waals surface area contributed by atoms with E-state index in [1.807, 2.05) is 0 Å². The third-order valence-corrected chi connectivity index (χ3v) is 7.65. The Morgan fingerprint density at radius 1 is 1.00 bits per heavy atom. The summed E-state index contributed by atoms with van der Waals surface area (Å²) < 4.78 is 52.6. The minimum Gasteiger partial charge on any atom is -1.00 e. The SMILES string of the molecule is Cc1cccc(C(O)(C(=O)OC2CC3C4O[C@@H]4[C@H](C2)[N+]3(C)C)c2cccc(C(F)(F)F)c2)c1.[Br-]. The van der Waals surface area contributed by atoms with Gasteiger partial charge in [0.05, 0.1) is 19.7 Å². The van der Waals surface area contributed by atoms with E-state index in [-0.39, 0.29) is 52.4 Å². The van der Waals surface area contributed by atoms with E-state index >= 15 is 0 Å². The summed E-state index contributed by atoms with van der Waals surface area (Å²) in [6, 6.07) is 11.2. The number of fused-ring (bicyclic) bond motifs is 5. The van der Waals surface area contributed by atoms with E-state index in [0.29, 0.717) is 12.8 Å². The largest absolute Gasteiger partial charge is 1.00 e. The third-order valence-electron chi connectivity index (χ3n) is 7.65. The van der Waals surface area contributed by atoms with Crippen LogP contribution < -0.4 is 17.0 Å². The zero-order chi connectivity index (χ0) is 23.8. The molecule has 1 N–H and O–H groups in total. The van der Waals surface area contributed by atoms with E-state index in [1.54, 1.807) is 25.1 Å². The molecule has 3 aliphatic rings. The highest BCUT2D eigenvalue weighted by Crippen LogP contribution is 2.52. The van der Waals surface area contributed by atoms with Crippen LogP contribution in [0.5, 0.6) is 0 Å². The molecule has 4 unspecified atom stereocenters. The van der Waals surface area contributed by atoms with Crippen molar-refractivity contribution in [1.29, 1.82) is 0 Å². The number of epoxide rings is 1. The minimum absolute atomic E-state index is 0. The summed E-state index contributed by atoms with van der Waals surface area (Å²) in [6.45, 7) is 1.78. The highest BCUT2D eigenvalue weighted by molar-refractivity contribution is 5.85. The Balaban J connectivity index is 0.00000274. The maximum absolute atomic E-state index is 13.5. The standard InChI is InChI=1S/C25H27F3NO4.BrH/c1-14-6-4-7-15(10-14)24(31,16-8-5-9-17(11-16)25(26,27)28)23(30)32-18-12-19-21-22(33-21)20(13-18)29(19,2)3;/h4-11,18-22,31H,12-13H2,1-3H3;1H/q+1;/p-1/t18?,19-,20?,21+,22?,24?;/m0./s1. The second-order valence-electron chi connectivity index (χ2n) is 9.99. The molecule has 5 nitrogen and oxygen atoms in total. The first-order valence-corrected chi connectivity index (χ1v) is 11.1. The van der Waals surface area contributed by atoms with E-state index in [0.717, 1.165) is 22.2 Å². The number of hydrogen-bond donors (Lipinski definition) is 1. The van der Waals surface area contributed by atoms with E-state index < -0.39 is 29.4 Å². The molecule has 0 aromatic heterocycles. The van der Waals surface area contributed by atoms with Crippen molar-refractivity contribution in [3.63, 3.8) is 0 Å². The van der Waals surface area contributed by atoms with Crippen molar-refractivity contribution in [3.05, 3.63) is 70.8 Å². The van der Waals surface area contributed by atoms with Crippen LogP contribution in [-0.2, 0) is 26.0 Å². The number of carbonyl (C=O) groups is 1. The molecule has 5 rings (SSSR count). The normalized spacial score (nSPS) is 30.5. The molecule has 3 fully saturated rings. The third kappa shape index (κ3) is 3.96. The minimum atomic E-state index is -4.61. The number of ether oxygens (including phenoxy) is 2. The van der Waals surface area contributed by atoms with Crippen LogP contribution >= 0.6 is 0 Å². The molecule has 0 saturated carbocycles. The highest BCUT2D eigenvalue weighted by Gasteiger charge is 2.71. The van der Waals surface area contributed by atoms with E-state index in [2.05, 4.69) is 14.1 Å². The Hall–Kier alpha value is -1.94. The number of alkyl halides is 3.